The normalized spacial score (nSPS) is 16.9. The lowest BCUT2D eigenvalue weighted by Crippen LogP contribution is -2.43. The molecule has 8 heteroatoms. The summed E-state index contributed by atoms with van der Waals surface area (Å²) >= 11 is 11.8. The molecule has 1 unspecified atom stereocenters. The maximum absolute atomic E-state index is 12.6. The van der Waals surface area contributed by atoms with Crippen LogP contribution in [0.25, 0.3) is 0 Å². The Labute approximate surface area is 135 Å². The van der Waals surface area contributed by atoms with E-state index in [0.717, 1.165) is 12.8 Å². The van der Waals surface area contributed by atoms with E-state index in [1.807, 2.05) is 0 Å². The van der Waals surface area contributed by atoms with Crippen molar-refractivity contribution >= 4 is 45.6 Å². The van der Waals surface area contributed by atoms with E-state index in [0.29, 0.717) is 17.5 Å². The van der Waals surface area contributed by atoms with E-state index in [9.17, 15) is 8.42 Å². The third-order valence-corrected chi connectivity index (χ3v) is 6.02. The molecule has 114 valence electrons. The minimum Gasteiger partial charge on any atom is -0.329 e. The molecule has 0 saturated heterocycles. The molecule has 2 N–H and O–H groups in total. The Balaban J connectivity index is 0.00000200. The Morgan fingerprint density at radius 3 is 2.50 bits per heavy atom. The van der Waals surface area contributed by atoms with E-state index < -0.39 is 10.0 Å². The summed E-state index contributed by atoms with van der Waals surface area (Å²) in [6.45, 7) is 0.304. The third-order valence-electron chi connectivity index (χ3n) is 3.42. The largest absolute Gasteiger partial charge is 0.329 e. The highest BCUT2D eigenvalue weighted by atomic mass is 35.5. The average Bonchev–Trinajstić information content (AvgIpc) is 3.17. The molecule has 0 amide bonds. The highest BCUT2D eigenvalue weighted by Gasteiger charge is 2.38. The van der Waals surface area contributed by atoms with Gasteiger partial charge in [-0.3, -0.25) is 0 Å². The molecule has 2 rings (SSSR count). The van der Waals surface area contributed by atoms with E-state index in [-0.39, 0.29) is 28.4 Å². The predicted octanol–water partition coefficient (Wildman–Crippen LogP) is 2.77. The lowest BCUT2D eigenvalue weighted by atomic mass is 10.2. The maximum atomic E-state index is 12.6. The van der Waals surface area contributed by atoms with Crippen LogP contribution in [0.3, 0.4) is 0 Å². The second-order valence-electron chi connectivity index (χ2n) is 4.74. The highest BCUT2D eigenvalue weighted by molar-refractivity contribution is 7.89. The molecule has 1 aliphatic rings. The fourth-order valence-corrected chi connectivity index (χ4v) is 4.29. The minimum absolute atomic E-state index is 0. The molecule has 0 heterocycles. The molecule has 1 saturated carbocycles. The van der Waals surface area contributed by atoms with Crippen molar-refractivity contribution in [2.45, 2.75) is 23.8 Å². The van der Waals surface area contributed by atoms with Crippen molar-refractivity contribution in [3.8, 4) is 0 Å². The molecular weight excluding hydrogens is 343 g/mol. The lowest BCUT2D eigenvalue weighted by Gasteiger charge is -2.26. The van der Waals surface area contributed by atoms with Gasteiger partial charge in [0.15, 0.2) is 0 Å². The zero-order valence-electron chi connectivity index (χ0n) is 10.9. The first-order chi connectivity index (χ1) is 8.87. The SMILES string of the molecule is CN(C(CN)C1CC1)S(=O)(=O)c1cc(Cl)ccc1Cl.Cl. The van der Waals surface area contributed by atoms with Gasteiger partial charge in [-0.2, -0.15) is 4.31 Å². The summed E-state index contributed by atoms with van der Waals surface area (Å²) in [6.07, 6.45) is 2.04. The number of hydrogen-bond acceptors (Lipinski definition) is 3. The fraction of sp³-hybridized carbons (Fsp3) is 0.500. The van der Waals surface area contributed by atoms with Gasteiger partial charge in [0.2, 0.25) is 10.0 Å². The van der Waals surface area contributed by atoms with E-state index in [1.54, 1.807) is 13.1 Å². The smallest absolute Gasteiger partial charge is 0.244 e. The molecule has 1 aromatic carbocycles. The number of rotatable bonds is 5. The van der Waals surface area contributed by atoms with Crippen LogP contribution >= 0.6 is 35.6 Å². The molecule has 0 aliphatic heterocycles. The van der Waals surface area contributed by atoms with Crippen LogP contribution < -0.4 is 5.73 Å². The van der Waals surface area contributed by atoms with E-state index in [2.05, 4.69) is 0 Å². The van der Waals surface area contributed by atoms with Gasteiger partial charge in [-0.05, 0) is 37.0 Å². The van der Waals surface area contributed by atoms with Crippen LogP contribution in [-0.4, -0.2) is 32.4 Å². The third kappa shape index (κ3) is 3.59. The summed E-state index contributed by atoms with van der Waals surface area (Å²) in [4.78, 5) is 0.0308. The molecule has 0 aromatic heterocycles. The van der Waals surface area contributed by atoms with Crippen molar-refractivity contribution in [2.24, 2.45) is 11.7 Å². The van der Waals surface area contributed by atoms with Gasteiger partial charge in [-0.1, -0.05) is 23.2 Å². The van der Waals surface area contributed by atoms with Crippen LogP contribution in [0.15, 0.2) is 23.1 Å². The van der Waals surface area contributed by atoms with Crippen LogP contribution in [0.5, 0.6) is 0 Å². The zero-order valence-corrected chi connectivity index (χ0v) is 14.1. The van der Waals surface area contributed by atoms with E-state index >= 15 is 0 Å². The van der Waals surface area contributed by atoms with E-state index in [1.165, 1.54) is 16.4 Å². The molecule has 1 aliphatic carbocycles. The molecule has 4 nitrogen and oxygen atoms in total. The predicted molar refractivity (Wildman–Crippen MR) is 84.2 cm³/mol. The molecule has 1 aromatic rings. The first-order valence-electron chi connectivity index (χ1n) is 6.01. The second-order valence-corrected chi connectivity index (χ2v) is 7.55. The molecule has 1 fully saturated rings. The Bertz CT molecular complexity index is 576. The number of halogens is 3. The summed E-state index contributed by atoms with van der Waals surface area (Å²) in [5, 5.41) is 0.509. The fourth-order valence-electron chi connectivity index (χ4n) is 2.13. The van der Waals surface area contributed by atoms with E-state index in [4.69, 9.17) is 28.9 Å². The van der Waals surface area contributed by atoms with Crippen LogP contribution in [-0.2, 0) is 10.0 Å². The van der Waals surface area contributed by atoms with Crippen LogP contribution in [0.4, 0.5) is 0 Å². The van der Waals surface area contributed by atoms with Gasteiger partial charge < -0.3 is 5.73 Å². The van der Waals surface area contributed by atoms with Crippen molar-refractivity contribution in [1.82, 2.24) is 4.31 Å². The molecule has 1 atom stereocenters. The summed E-state index contributed by atoms with van der Waals surface area (Å²) in [5.41, 5.74) is 5.69. The van der Waals surface area contributed by atoms with Crippen molar-refractivity contribution < 1.29 is 8.42 Å². The first-order valence-corrected chi connectivity index (χ1v) is 8.20. The number of benzene rings is 1. The van der Waals surface area contributed by atoms with Crippen LogP contribution in [0.2, 0.25) is 10.0 Å². The number of likely N-dealkylation sites (N-methyl/N-ethyl adjacent to an activating group) is 1. The zero-order chi connectivity index (χ0) is 14.2. The number of hydrogen-bond donors (Lipinski definition) is 1. The van der Waals surface area contributed by atoms with Crippen molar-refractivity contribution in [3.63, 3.8) is 0 Å². The van der Waals surface area contributed by atoms with Crippen molar-refractivity contribution in [1.29, 1.82) is 0 Å². The van der Waals surface area contributed by atoms with Gasteiger partial charge in [0.25, 0.3) is 0 Å². The Morgan fingerprint density at radius 1 is 1.40 bits per heavy atom. The summed E-state index contributed by atoms with van der Waals surface area (Å²) in [7, 11) is -2.13. The molecular formula is C12H17Cl3N2O2S. The molecule has 20 heavy (non-hydrogen) atoms. The highest BCUT2D eigenvalue weighted by Crippen LogP contribution is 2.37. The van der Waals surface area contributed by atoms with Gasteiger partial charge in [-0.25, -0.2) is 8.42 Å². The Hall–Kier alpha value is -0.0400. The maximum Gasteiger partial charge on any atom is 0.244 e. The number of nitrogens with two attached hydrogens (primary N) is 1. The van der Waals surface area contributed by atoms with Gasteiger partial charge in [-0.15, -0.1) is 12.4 Å². The summed E-state index contributed by atoms with van der Waals surface area (Å²) < 4.78 is 26.5. The monoisotopic (exact) mass is 358 g/mol. The van der Waals surface area contributed by atoms with Crippen LogP contribution in [0.1, 0.15) is 12.8 Å². The average molecular weight is 360 g/mol. The van der Waals surface area contributed by atoms with Crippen molar-refractivity contribution in [2.75, 3.05) is 13.6 Å². The van der Waals surface area contributed by atoms with Gasteiger partial charge in [0, 0.05) is 24.7 Å². The summed E-state index contributed by atoms with van der Waals surface area (Å²) in [6, 6.07) is 4.24. The Kier molecular flexibility index (Phi) is 6.14. The number of nitrogens with zero attached hydrogens (tertiary/aromatic N) is 1. The van der Waals surface area contributed by atoms with Gasteiger partial charge >= 0.3 is 0 Å². The Morgan fingerprint density at radius 2 is 2.00 bits per heavy atom. The van der Waals surface area contributed by atoms with Gasteiger partial charge in [0.1, 0.15) is 4.90 Å². The standard InChI is InChI=1S/C12H16Cl2N2O2S.ClH/c1-16(11(7-15)8-2-3-8)19(17,18)12-6-9(13)4-5-10(12)14;/h4-6,8,11H,2-3,7,15H2,1H3;1H. The topological polar surface area (TPSA) is 63.4 Å². The van der Waals surface area contributed by atoms with Crippen LogP contribution in [0, 0.1) is 5.92 Å². The molecule has 0 bridgehead atoms. The quantitative estimate of drug-likeness (QED) is 0.879. The lowest BCUT2D eigenvalue weighted by molar-refractivity contribution is 0.340. The van der Waals surface area contributed by atoms with Gasteiger partial charge in [0.05, 0.1) is 5.02 Å². The molecule has 0 radical (unpaired) electrons. The van der Waals surface area contributed by atoms with Crippen molar-refractivity contribution in [3.05, 3.63) is 28.2 Å². The second kappa shape index (κ2) is 6.81. The summed E-state index contributed by atoms with van der Waals surface area (Å²) in [5.74, 6) is 0.350. The first kappa shape index (κ1) is 18.0. The molecule has 0 spiro atoms. The number of sulfonamides is 1. The minimum atomic E-state index is -3.67.